The van der Waals surface area contributed by atoms with Gasteiger partial charge in [-0.25, -0.2) is 4.79 Å². The summed E-state index contributed by atoms with van der Waals surface area (Å²) in [6, 6.07) is 24.9. The third kappa shape index (κ3) is 4.36. The van der Waals surface area contributed by atoms with E-state index in [2.05, 4.69) is 10.6 Å². The lowest BCUT2D eigenvalue weighted by Crippen LogP contribution is -2.19. The van der Waals surface area contributed by atoms with Crippen molar-refractivity contribution >= 4 is 17.4 Å². The van der Waals surface area contributed by atoms with E-state index in [1.807, 2.05) is 36.4 Å². The largest absolute Gasteiger partial charge is 0.457 e. The molecule has 0 fully saturated rings. The molecule has 0 aliphatic heterocycles. The molecular formula is C20H15N3O2. The molecule has 25 heavy (non-hydrogen) atoms. The summed E-state index contributed by atoms with van der Waals surface area (Å²) in [7, 11) is 0. The number of hydrogen-bond acceptors (Lipinski definition) is 3. The third-order valence-corrected chi connectivity index (χ3v) is 3.39. The van der Waals surface area contributed by atoms with Crippen LogP contribution in [-0.2, 0) is 0 Å². The number of nitrogens with one attached hydrogen (secondary N) is 2. The van der Waals surface area contributed by atoms with Crippen LogP contribution in [0.15, 0.2) is 78.9 Å². The average molecular weight is 329 g/mol. The highest BCUT2D eigenvalue weighted by atomic mass is 16.5. The van der Waals surface area contributed by atoms with E-state index in [1.54, 1.807) is 48.5 Å². The Bertz CT molecular complexity index is 900. The van der Waals surface area contributed by atoms with Crippen LogP contribution in [0.25, 0.3) is 0 Å². The number of urea groups is 1. The van der Waals surface area contributed by atoms with Gasteiger partial charge >= 0.3 is 6.03 Å². The molecule has 3 aromatic carbocycles. The van der Waals surface area contributed by atoms with Crippen LogP contribution in [-0.4, -0.2) is 6.03 Å². The van der Waals surface area contributed by atoms with Crippen LogP contribution in [0.3, 0.4) is 0 Å². The SMILES string of the molecule is N#Cc1ccccc1NC(=O)Nc1ccc(Oc2ccccc2)cc1. The number of amides is 2. The van der Waals surface area contributed by atoms with E-state index >= 15 is 0 Å². The second-order valence-electron chi connectivity index (χ2n) is 5.18. The van der Waals surface area contributed by atoms with Crippen LogP contribution in [0.2, 0.25) is 0 Å². The lowest BCUT2D eigenvalue weighted by atomic mass is 10.2. The zero-order valence-corrected chi connectivity index (χ0v) is 13.3. The normalized spacial score (nSPS) is 9.72. The molecule has 2 N–H and O–H groups in total. The molecule has 0 saturated heterocycles. The number of nitriles is 1. The second-order valence-corrected chi connectivity index (χ2v) is 5.18. The number of rotatable bonds is 4. The Hall–Kier alpha value is -3.78. The van der Waals surface area contributed by atoms with Gasteiger partial charge < -0.3 is 15.4 Å². The molecule has 0 unspecified atom stereocenters. The van der Waals surface area contributed by atoms with E-state index in [0.29, 0.717) is 22.7 Å². The number of para-hydroxylation sites is 2. The first-order valence-corrected chi connectivity index (χ1v) is 7.65. The Morgan fingerprint density at radius 1 is 0.800 bits per heavy atom. The van der Waals surface area contributed by atoms with Crippen molar-refractivity contribution in [2.45, 2.75) is 0 Å². The molecule has 0 aromatic heterocycles. The number of ether oxygens (including phenoxy) is 1. The van der Waals surface area contributed by atoms with Gasteiger partial charge in [-0.2, -0.15) is 5.26 Å². The molecule has 5 nitrogen and oxygen atoms in total. The molecule has 0 spiro atoms. The van der Waals surface area contributed by atoms with E-state index < -0.39 is 6.03 Å². The summed E-state index contributed by atoms with van der Waals surface area (Å²) in [5, 5.41) is 14.4. The maximum atomic E-state index is 12.1. The van der Waals surface area contributed by atoms with Gasteiger partial charge in [-0.15, -0.1) is 0 Å². The summed E-state index contributed by atoms with van der Waals surface area (Å²) in [6.45, 7) is 0. The number of carbonyl (C=O) groups excluding carboxylic acids is 1. The van der Waals surface area contributed by atoms with Gasteiger partial charge in [-0.3, -0.25) is 0 Å². The van der Waals surface area contributed by atoms with E-state index in [0.717, 1.165) is 5.75 Å². The predicted molar refractivity (Wildman–Crippen MR) is 96.8 cm³/mol. The molecule has 5 heteroatoms. The number of benzene rings is 3. The molecule has 0 bridgehead atoms. The molecule has 0 heterocycles. The summed E-state index contributed by atoms with van der Waals surface area (Å²) in [5.41, 5.74) is 1.49. The minimum atomic E-state index is -0.417. The number of anilines is 2. The summed E-state index contributed by atoms with van der Waals surface area (Å²) in [6.07, 6.45) is 0. The molecule has 3 aromatic rings. The number of carbonyl (C=O) groups is 1. The first kappa shape index (κ1) is 16.1. The quantitative estimate of drug-likeness (QED) is 0.708. The van der Waals surface area contributed by atoms with E-state index in [4.69, 9.17) is 10.00 Å². The van der Waals surface area contributed by atoms with Crippen molar-refractivity contribution < 1.29 is 9.53 Å². The van der Waals surface area contributed by atoms with Crippen molar-refractivity contribution in [2.24, 2.45) is 0 Å². The Labute approximate surface area is 145 Å². The molecule has 0 radical (unpaired) electrons. The fourth-order valence-corrected chi connectivity index (χ4v) is 2.21. The summed E-state index contributed by atoms with van der Waals surface area (Å²) < 4.78 is 5.70. The van der Waals surface area contributed by atoms with Gasteiger partial charge in [-0.05, 0) is 48.5 Å². The highest BCUT2D eigenvalue weighted by molar-refractivity contribution is 6.00. The second kappa shape index (κ2) is 7.66. The zero-order valence-electron chi connectivity index (χ0n) is 13.3. The van der Waals surface area contributed by atoms with Crippen molar-refractivity contribution in [3.8, 4) is 17.6 Å². The lowest BCUT2D eigenvalue weighted by Gasteiger charge is -2.10. The lowest BCUT2D eigenvalue weighted by molar-refractivity contribution is 0.262. The van der Waals surface area contributed by atoms with E-state index in [9.17, 15) is 4.79 Å². The fourth-order valence-electron chi connectivity index (χ4n) is 2.21. The maximum Gasteiger partial charge on any atom is 0.323 e. The summed E-state index contributed by atoms with van der Waals surface area (Å²) in [4.78, 5) is 12.1. The van der Waals surface area contributed by atoms with Crippen LogP contribution in [0, 0.1) is 11.3 Å². The Morgan fingerprint density at radius 3 is 2.16 bits per heavy atom. The van der Waals surface area contributed by atoms with Crippen molar-refractivity contribution in [1.82, 2.24) is 0 Å². The standard InChI is InChI=1S/C20H15N3O2/c21-14-15-6-4-5-9-19(15)23-20(24)22-16-10-12-18(13-11-16)25-17-7-2-1-3-8-17/h1-13H,(H2,22,23,24). The summed E-state index contributed by atoms with van der Waals surface area (Å²) >= 11 is 0. The average Bonchev–Trinajstić information content (AvgIpc) is 2.64. The van der Waals surface area contributed by atoms with Crippen LogP contribution in [0.5, 0.6) is 11.5 Å². The number of hydrogen-bond donors (Lipinski definition) is 2. The smallest absolute Gasteiger partial charge is 0.323 e. The first-order chi connectivity index (χ1) is 12.2. The van der Waals surface area contributed by atoms with Gasteiger partial charge in [0.25, 0.3) is 0 Å². The highest BCUT2D eigenvalue weighted by Crippen LogP contribution is 2.22. The zero-order chi connectivity index (χ0) is 17.5. The van der Waals surface area contributed by atoms with Crippen molar-refractivity contribution in [3.63, 3.8) is 0 Å². The van der Waals surface area contributed by atoms with E-state index in [1.165, 1.54) is 0 Å². The predicted octanol–water partition coefficient (Wildman–Crippen LogP) is 4.99. The maximum absolute atomic E-state index is 12.1. The van der Waals surface area contributed by atoms with Gasteiger partial charge in [0.2, 0.25) is 0 Å². The van der Waals surface area contributed by atoms with Gasteiger partial charge in [0.1, 0.15) is 17.6 Å². The van der Waals surface area contributed by atoms with Gasteiger partial charge in [0, 0.05) is 5.69 Å². The molecule has 2 amide bonds. The Morgan fingerprint density at radius 2 is 1.44 bits per heavy atom. The van der Waals surface area contributed by atoms with Crippen molar-refractivity contribution in [1.29, 1.82) is 5.26 Å². The fraction of sp³-hybridized carbons (Fsp3) is 0. The molecular weight excluding hydrogens is 314 g/mol. The summed E-state index contributed by atoms with van der Waals surface area (Å²) in [5.74, 6) is 1.42. The topological polar surface area (TPSA) is 74.2 Å². The van der Waals surface area contributed by atoms with Crippen molar-refractivity contribution in [2.75, 3.05) is 10.6 Å². The minimum absolute atomic E-state index is 0.407. The van der Waals surface area contributed by atoms with Gasteiger partial charge in [0.15, 0.2) is 0 Å². The Kier molecular flexibility index (Phi) is 4.93. The minimum Gasteiger partial charge on any atom is -0.457 e. The molecule has 3 rings (SSSR count). The molecule has 0 saturated carbocycles. The molecule has 0 aliphatic carbocycles. The monoisotopic (exact) mass is 329 g/mol. The van der Waals surface area contributed by atoms with Crippen LogP contribution < -0.4 is 15.4 Å². The first-order valence-electron chi connectivity index (χ1n) is 7.65. The van der Waals surface area contributed by atoms with Gasteiger partial charge in [-0.1, -0.05) is 30.3 Å². The highest BCUT2D eigenvalue weighted by Gasteiger charge is 2.06. The van der Waals surface area contributed by atoms with Gasteiger partial charge in [0.05, 0.1) is 11.3 Å². The molecule has 0 aliphatic rings. The van der Waals surface area contributed by atoms with Crippen molar-refractivity contribution in [3.05, 3.63) is 84.4 Å². The van der Waals surface area contributed by atoms with Crippen LogP contribution in [0.1, 0.15) is 5.56 Å². The third-order valence-electron chi connectivity index (χ3n) is 3.39. The Balaban J connectivity index is 1.61. The molecule has 0 atom stereocenters. The van der Waals surface area contributed by atoms with Crippen LogP contribution in [0.4, 0.5) is 16.2 Å². The molecule has 122 valence electrons. The van der Waals surface area contributed by atoms with E-state index in [-0.39, 0.29) is 0 Å². The number of nitrogens with zero attached hydrogens (tertiary/aromatic N) is 1. The van der Waals surface area contributed by atoms with Crippen LogP contribution >= 0.6 is 0 Å².